The minimum atomic E-state index is -3.48. The normalized spacial score (nSPS) is 17.6. The van der Waals surface area contributed by atoms with Crippen LogP contribution >= 0.6 is 0 Å². The van der Waals surface area contributed by atoms with Gasteiger partial charge in [-0.1, -0.05) is 0 Å². The quantitative estimate of drug-likeness (QED) is 0.787. The van der Waals surface area contributed by atoms with Crippen LogP contribution in [0.1, 0.15) is 30.7 Å². The first kappa shape index (κ1) is 14.5. The first-order chi connectivity index (χ1) is 8.90. The zero-order chi connectivity index (χ0) is 14.1. The second-order valence-electron chi connectivity index (χ2n) is 5.33. The SMILES string of the molecule is COCCC1(CNS(=O)(=O)c2c(C)n[nH]c2C)CC1. The van der Waals surface area contributed by atoms with E-state index in [2.05, 4.69) is 14.9 Å². The van der Waals surface area contributed by atoms with Gasteiger partial charge in [0.15, 0.2) is 0 Å². The fourth-order valence-corrected chi connectivity index (χ4v) is 3.79. The van der Waals surface area contributed by atoms with Crippen molar-refractivity contribution in [3.63, 3.8) is 0 Å². The third-order valence-corrected chi connectivity index (χ3v) is 5.42. The van der Waals surface area contributed by atoms with Gasteiger partial charge in [0.2, 0.25) is 10.0 Å². The molecule has 1 aromatic heterocycles. The summed E-state index contributed by atoms with van der Waals surface area (Å²) in [7, 11) is -1.82. The summed E-state index contributed by atoms with van der Waals surface area (Å²) >= 11 is 0. The van der Waals surface area contributed by atoms with E-state index < -0.39 is 10.0 Å². The van der Waals surface area contributed by atoms with Gasteiger partial charge in [0, 0.05) is 20.3 Å². The van der Waals surface area contributed by atoms with E-state index in [0.717, 1.165) is 19.3 Å². The van der Waals surface area contributed by atoms with Gasteiger partial charge in [-0.3, -0.25) is 5.10 Å². The van der Waals surface area contributed by atoms with Crippen LogP contribution in [0.15, 0.2) is 4.90 Å². The van der Waals surface area contributed by atoms with E-state index in [0.29, 0.717) is 24.5 Å². The van der Waals surface area contributed by atoms with Crippen LogP contribution in [0, 0.1) is 19.3 Å². The number of methoxy groups -OCH3 is 1. The Morgan fingerprint density at radius 1 is 1.42 bits per heavy atom. The van der Waals surface area contributed by atoms with Crippen molar-refractivity contribution < 1.29 is 13.2 Å². The Hall–Kier alpha value is -0.920. The van der Waals surface area contributed by atoms with Crippen molar-refractivity contribution in [2.24, 2.45) is 5.41 Å². The van der Waals surface area contributed by atoms with Gasteiger partial charge >= 0.3 is 0 Å². The van der Waals surface area contributed by atoms with Crippen LogP contribution in [0.25, 0.3) is 0 Å². The highest BCUT2D eigenvalue weighted by Crippen LogP contribution is 2.48. The molecule has 2 N–H and O–H groups in total. The van der Waals surface area contributed by atoms with Crippen molar-refractivity contribution in [1.82, 2.24) is 14.9 Å². The molecule has 1 aliphatic carbocycles. The summed E-state index contributed by atoms with van der Waals surface area (Å²) < 4.78 is 32.3. The minimum Gasteiger partial charge on any atom is -0.385 e. The number of hydrogen-bond donors (Lipinski definition) is 2. The fraction of sp³-hybridized carbons (Fsp3) is 0.750. The fourth-order valence-electron chi connectivity index (χ4n) is 2.27. The van der Waals surface area contributed by atoms with E-state index in [9.17, 15) is 8.42 Å². The standard InChI is InChI=1S/C12H21N3O3S/c1-9-11(10(2)15-14-9)19(16,17)13-8-12(4-5-12)6-7-18-3/h13H,4-8H2,1-3H3,(H,14,15). The summed E-state index contributed by atoms with van der Waals surface area (Å²) in [5.74, 6) is 0. The lowest BCUT2D eigenvalue weighted by molar-refractivity contribution is 0.173. The maximum atomic E-state index is 12.3. The Bertz CT molecular complexity index is 527. The Morgan fingerprint density at radius 2 is 2.11 bits per heavy atom. The molecule has 1 saturated carbocycles. The van der Waals surface area contributed by atoms with Crippen molar-refractivity contribution in [3.8, 4) is 0 Å². The van der Waals surface area contributed by atoms with Crippen LogP contribution in [0.3, 0.4) is 0 Å². The molecule has 19 heavy (non-hydrogen) atoms. The molecule has 0 atom stereocenters. The summed E-state index contributed by atoms with van der Waals surface area (Å²) in [6.07, 6.45) is 3.01. The van der Waals surface area contributed by atoms with E-state index in [1.807, 2.05) is 0 Å². The van der Waals surface area contributed by atoms with Crippen molar-refractivity contribution in [1.29, 1.82) is 0 Å². The van der Waals surface area contributed by atoms with Crippen LogP contribution in [0.4, 0.5) is 0 Å². The topological polar surface area (TPSA) is 84.1 Å². The van der Waals surface area contributed by atoms with Gasteiger partial charge < -0.3 is 4.74 Å². The number of H-pyrrole nitrogens is 1. The Kier molecular flexibility index (Phi) is 3.98. The predicted molar refractivity (Wildman–Crippen MR) is 71.4 cm³/mol. The van der Waals surface area contributed by atoms with Gasteiger partial charge in [0.25, 0.3) is 0 Å². The number of aromatic nitrogens is 2. The maximum Gasteiger partial charge on any atom is 0.244 e. The summed E-state index contributed by atoms with van der Waals surface area (Å²) in [6, 6.07) is 0. The highest BCUT2D eigenvalue weighted by Gasteiger charge is 2.43. The molecule has 7 heteroatoms. The van der Waals surface area contributed by atoms with E-state index in [1.54, 1.807) is 21.0 Å². The van der Waals surface area contributed by atoms with Gasteiger partial charge in [-0.25, -0.2) is 13.1 Å². The van der Waals surface area contributed by atoms with Crippen LogP contribution in [-0.2, 0) is 14.8 Å². The van der Waals surface area contributed by atoms with Crippen molar-refractivity contribution >= 4 is 10.0 Å². The molecule has 0 unspecified atom stereocenters. The molecule has 1 aliphatic rings. The Morgan fingerprint density at radius 3 is 2.58 bits per heavy atom. The highest BCUT2D eigenvalue weighted by molar-refractivity contribution is 7.89. The second-order valence-corrected chi connectivity index (χ2v) is 7.03. The average molecular weight is 287 g/mol. The monoisotopic (exact) mass is 287 g/mol. The largest absolute Gasteiger partial charge is 0.385 e. The van der Waals surface area contributed by atoms with Crippen molar-refractivity contribution in [3.05, 3.63) is 11.4 Å². The second kappa shape index (κ2) is 5.22. The Balaban J connectivity index is 2.03. The molecule has 108 valence electrons. The van der Waals surface area contributed by atoms with Crippen molar-refractivity contribution in [2.45, 2.75) is 38.0 Å². The van der Waals surface area contributed by atoms with Crippen molar-refractivity contribution in [2.75, 3.05) is 20.3 Å². The van der Waals surface area contributed by atoms with E-state index in [-0.39, 0.29) is 10.3 Å². The molecular weight excluding hydrogens is 266 g/mol. The predicted octanol–water partition coefficient (Wildman–Crippen LogP) is 1.12. The highest BCUT2D eigenvalue weighted by atomic mass is 32.2. The molecule has 1 heterocycles. The molecule has 1 fully saturated rings. The third kappa shape index (κ3) is 3.16. The van der Waals surface area contributed by atoms with Gasteiger partial charge in [-0.15, -0.1) is 0 Å². The molecule has 0 spiro atoms. The summed E-state index contributed by atoms with van der Waals surface area (Å²) in [6.45, 7) is 4.55. The number of rotatable bonds is 7. The molecule has 1 aromatic rings. The summed E-state index contributed by atoms with van der Waals surface area (Å²) in [5.41, 5.74) is 1.17. The van der Waals surface area contributed by atoms with Crippen LogP contribution in [-0.4, -0.2) is 38.9 Å². The van der Waals surface area contributed by atoms with Gasteiger partial charge in [0.1, 0.15) is 4.90 Å². The number of sulfonamides is 1. The summed E-state index contributed by atoms with van der Waals surface area (Å²) in [5, 5.41) is 6.63. The number of aryl methyl sites for hydroxylation is 2. The van der Waals surface area contributed by atoms with Gasteiger partial charge in [-0.05, 0) is 38.5 Å². The van der Waals surface area contributed by atoms with Crippen LogP contribution in [0.5, 0.6) is 0 Å². The number of hydrogen-bond acceptors (Lipinski definition) is 4. The number of aromatic amines is 1. The zero-order valence-corrected chi connectivity index (χ0v) is 12.4. The first-order valence-corrected chi connectivity index (χ1v) is 7.89. The first-order valence-electron chi connectivity index (χ1n) is 6.40. The molecule has 0 aliphatic heterocycles. The lowest BCUT2D eigenvalue weighted by Gasteiger charge is -2.15. The van der Waals surface area contributed by atoms with Crippen LogP contribution in [0.2, 0.25) is 0 Å². The molecule has 0 radical (unpaired) electrons. The number of nitrogens with zero attached hydrogens (tertiary/aromatic N) is 1. The van der Waals surface area contributed by atoms with Gasteiger partial charge in [0.05, 0.1) is 11.4 Å². The summed E-state index contributed by atoms with van der Waals surface area (Å²) in [4.78, 5) is 0.273. The minimum absolute atomic E-state index is 0.0919. The zero-order valence-electron chi connectivity index (χ0n) is 11.6. The molecule has 0 amide bonds. The Labute approximate surface area is 114 Å². The molecular formula is C12H21N3O3S. The lowest BCUT2D eigenvalue weighted by Crippen LogP contribution is -2.31. The van der Waals surface area contributed by atoms with E-state index in [1.165, 1.54) is 0 Å². The van der Waals surface area contributed by atoms with Crippen LogP contribution < -0.4 is 4.72 Å². The lowest BCUT2D eigenvalue weighted by atomic mass is 10.0. The molecule has 2 rings (SSSR count). The molecule has 0 saturated heterocycles. The molecule has 0 bridgehead atoms. The molecule has 6 nitrogen and oxygen atoms in total. The van der Waals surface area contributed by atoms with E-state index >= 15 is 0 Å². The smallest absolute Gasteiger partial charge is 0.244 e. The van der Waals surface area contributed by atoms with E-state index in [4.69, 9.17) is 4.74 Å². The molecule has 0 aromatic carbocycles. The van der Waals surface area contributed by atoms with Gasteiger partial charge in [-0.2, -0.15) is 5.10 Å². The number of nitrogens with one attached hydrogen (secondary N) is 2. The maximum absolute atomic E-state index is 12.3. The average Bonchev–Trinajstić information content (AvgIpc) is 3.04. The third-order valence-electron chi connectivity index (χ3n) is 3.76. The number of ether oxygens (including phenoxy) is 1.